The lowest BCUT2D eigenvalue weighted by Crippen LogP contribution is -2.58. The Morgan fingerprint density at radius 1 is 1.00 bits per heavy atom. The van der Waals surface area contributed by atoms with Crippen molar-refractivity contribution in [2.24, 2.45) is 0 Å². The summed E-state index contributed by atoms with van der Waals surface area (Å²) in [5.41, 5.74) is 5.85. The van der Waals surface area contributed by atoms with Crippen LogP contribution in [0, 0.1) is 12.7 Å². The Bertz CT molecular complexity index is 2090. The van der Waals surface area contributed by atoms with Gasteiger partial charge in [0.25, 0.3) is 0 Å². The topological polar surface area (TPSA) is 119 Å². The molecule has 11 nitrogen and oxygen atoms in total. The summed E-state index contributed by atoms with van der Waals surface area (Å²) >= 11 is 0. The number of nitrogens with zero attached hydrogens (tertiary/aromatic N) is 6. The summed E-state index contributed by atoms with van der Waals surface area (Å²) in [7, 11) is 1.66. The van der Waals surface area contributed by atoms with Crippen LogP contribution in [0.5, 0.6) is 0 Å². The number of aromatic nitrogens is 3. The second-order valence-electron chi connectivity index (χ2n) is 16.0. The number of amides is 2. The Hall–Kier alpha value is -4.39. The van der Waals surface area contributed by atoms with Gasteiger partial charge in [-0.25, -0.2) is 14.4 Å². The SMILES string of the molecule is CNC(O)c1cc(Nc2nc(-c3ccc4c(c3)N(C3CC(N5CCCCC5)C3)C(=O)C43CCN(C(C)=O)CC3)cc3ncn(C4CC4)c23)c(F)cc1C. The molecule has 12 heteroatoms. The van der Waals surface area contributed by atoms with Crippen LogP contribution in [0.25, 0.3) is 22.3 Å². The van der Waals surface area contributed by atoms with Crippen LogP contribution in [-0.4, -0.2) is 86.6 Å². The highest BCUT2D eigenvalue weighted by Gasteiger charge is 2.55. The highest BCUT2D eigenvalue weighted by Crippen LogP contribution is 2.52. The normalized spacial score (nSPS) is 23.4. The van der Waals surface area contributed by atoms with Gasteiger partial charge in [-0.05, 0) is 114 Å². The Kier molecular flexibility index (Phi) is 8.55. The van der Waals surface area contributed by atoms with Crippen LogP contribution in [0.1, 0.15) is 93.7 Å². The highest BCUT2D eigenvalue weighted by atomic mass is 19.1. The number of hydrogen-bond donors (Lipinski definition) is 3. The summed E-state index contributed by atoms with van der Waals surface area (Å²) in [4.78, 5) is 43.6. The van der Waals surface area contributed by atoms with Gasteiger partial charge in [0.15, 0.2) is 5.82 Å². The number of nitrogens with one attached hydrogen (secondary N) is 2. The largest absolute Gasteiger partial charge is 0.374 e. The summed E-state index contributed by atoms with van der Waals surface area (Å²) in [6.45, 7) is 6.80. The van der Waals surface area contributed by atoms with Crippen LogP contribution < -0.4 is 15.5 Å². The minimum Gasteiger partial charge on any atom is -0.374 e. The molecular formula is C41H49FN8O3. The maximum absolute atomic E-state index is 15.6. The van der Waals surface area contributed by atoms with Gasteiger partial charge in [-0.2, -0.15) is 0 Å². The number of imidazole rings is 1. The number of aliphatic hydroxyl groups excluding tert-OH is 1. The third kappa shape index (κ3) is 5.81. The van der Waals surface area contributed by atoms with E-state index in [-0.39, 0.29) is 23.5 Å². The van der Waals surface area contributed by atoms with Crippen LogP contribution in [0.2, 0.25) is 0 Å². The van der Waals surface area contributed by atoms with Gasteiger partial charge in [-0.3, -0.25) is 14.9 Å². The maximum atomic E-state index is 15.6. The fourth-order valence-corrected chi connectivity index (χ4v) is 9.44. The van der Waals surface area contributed by atoms with Gasteiger partial charge in [-0.1, -0.05) is 18.6 Å². The van der Waals surface area contributed by atoms with Crippen molar-refractivity contribution in [3.05, 3.63) is 65.2 Å². The summed E-state index contributed by atoms with van der Waals surface area (Å²) < 4.78 is 17.7. The first kappa shape index (κ1) is 34.4. The molecule has 2 amide bonds. The number of aryl methyl sites for hydroxylation is 1. The van der Waals surface area contributed by atoms with Gasteiger partial charge in [0.2, 0.25) is 11.8 Å². The quantitative estimate of drug-likeness (QED) is 0.188. The fraction of sp³-hybridized carbons (Fsp3) is 0.512. The van der Waals surface area contributed by atoms with Crippen molar-refractivity contribution < 1.29 is 19.1 Å². The summed E-state index contributed by atoms with van der Waals surface area (Å²) in [5, 5.41) is 16.7. The van der Waals surface area contributed by atoms with Gasteiger partial charge >= 0.3 is 0 Å². The first-order valence-corrected chi connectivity index (χ1v) is 19.4. The molecule has 3 aliphatic heterocycles. The predicted octanol–water partition coefficient (Wildman–Crippen LogP) is 6.08. The molecule has 3 N–H and O–H groups in total. The minimum atomic E-state index is -0.951. The second kappa shape index (κ2) is 13.2. The third-order valence-electron chi connectivity index (χ3n) is 12.8. The number of carbonyl (C=O) groups is 2. The Morgan fingerprint density at radius 2 is 1.75 bits per heavy atom. The molecule has 0 bridgehead atoms. The van der Waals surface area contributed by atoms with E-state index in [1.807, 2.05) is 17.3 Å². The van der Waals surface area contributed by atoms with Crippen molar-refractivity contribution in [3.8, 4) is 11.3 Å². The molecule has 2 saturated heterocycles. The lowest BCUT2D eigenvalue weighted by molar-refractivity contribution is -0.134. The van der Waals surface area contributed by atoms with E-state index in [1.54, 1.807) is 27.0 Å². The van der Waals surface area contributed by atoms with Gasteiger partial charge in [0.1, 0.15) is 17.6 Å². The average Bonchev–Trinajstić information content (AvgIpc) is 3.86. The van der Waals surface area contributed by atoms with Gasteiger partial charge in [-0.15, -0.1) is 0 Å². The molecule has 9 rings (SSSR count). The first-order valence-electron chi connectivity index (χ1n) is 19.4. The zero-order valence-electron chi connectivity index (χ0n) is 30.9. The van der Waals surface area contributed by atoms with E-state index in [2.05, 4.69) is 43.2 Å². The molecule has 53 heavy (non-hydrogen) atoms. The van der Waals surface area contributed by atoms with E-state index in [1.165, 1.54) is 25.3 Å². The number of piperidine rings is 2. The Balaban J connectivity index is 1.11. The molecule has 0 radical (unpaired) electrons. The van der Waals surface area contributed by atoms with Crippen LogP contribution in [0.15, 0.2) is 42.7 Å². The van der Waals surface area contributed by atoms with Crippen LogP contribution in [0.4, 0.5) is 21.6 Å². The number of aliphatic hydroxyl groups is 1. The molecular weight excluding hydrogens is 672 g/mol. The molecule has 2 aromatic carbocycles. The predicted molar refractivity (Wildman–Crippen MR) is 203 cm³/mol. The molecule has 5 aliphatic rings. The monoisotopic (exact) mass is 720 g/mol. The average molecular weight is 721 g/mol. The first-order chi connectivity index (χ1) is 25.6. The zero-order chi connectivity index (χ0) is 36.6. The summed E-state index contributed by atoms with van der Waals surface area (Å²) in [5.74, 6) is 0.261. The van der Waals surface area contributed by atoms with E-state index in [9.17, 15) is 14.7 Å². The number of anilines is 3. The molecule has 1 spiro atoms. The molecule has 4 fully saturated rings. The van der Waals surface area contributed by atoms with E-state index in [0.29, 0.717) is 60.7 Å². The minimum absolute atomic E-state index is 0.0519. The van der Waals surface area contributed by atoms with E-state index in [0.717, 1.165) is 66.6 Å². The van der Waals surface area contributed by atoms with Crippen LogP contribution in [-0.2, 0) is 15.0 Å². The van der Waals surface area contributed by atoms with Gasteiger partial charge in [0.05, 0.1) is 28.6 Å². The Morgan fingerprint density at radius 3 is 2.45 bits per heavy atom. The summed E-state index contributed by atoms with van der Waals surface area (Å²) in [6.07, 6.45) is 9.93. The number of benzene rings is 2. The Labute approximate surface area is 309 Å². The van der Waals surface area contributed by atoms with Crippen molar-refractivity contribution in [3.63, 3.8) is 0 Å². The van der Waals surface area contributed by atoms with Crippen molar-refractivity contribution in [1.82, 2.24) is 29.7 Å². The van der Waals surface area contributed by atoms with Gasteiger partial charge < -0.3 is 29.7 Å². The van der Waals surface area contributed by atoms with Crippen molar-refractivity contribution in [2.75, 3.05) is 43.4 Å². The molecule has 1 unspecified atom stereocenters. The zero-order valence-corrected chi connectivity index (χ0v) is 30.9. The van der Waals surface area contributed by atoms with Crippen molar-refractivity contribution >= 4 is 40.0 Å². The number of rotatable bonds is 8. The number of pyridine rings is 1. The van der Waals surface area contributed by atoms with Gasteiger partial charge in [0, 0.05) is 55.0 Å². The molecule has 1 atom stereocenters. The van der Waals surface area contributed by atoms with Crippen molar-refractivity contribution in [2.45, 2.75) is 101 Å². The smallest absolute Gasteiger partial charge is 0.238 e. The number of carbonyl (C=O) groups excluding carboxylic acids is 2. The van der Waals surface area contributed by atoms with E-state index in [4.69, 9.17) is 9.97 Å². The fourth-order valence-electron chi connectivity index (χ4n) is 9.44. The standard InChI is InChI=1S/C41H49FN8O3/c1-24-17-32(42)34(21-30(24)39(52)43-3)46-38-37-35(44-23-49(37)27-8-9-27)22-33(45-38)26-7-10-31-36(18-26)50(29-19-28(20-29)48-13-5-4-6-14-48)40(53)41(31)11-15-47(16-12-41)25(2)51/h7,10,17-18,21-23,27-29,39,43,52H,4-6,8-9,11-16,19-20H2,1-3H3,(H,45,46). The lowest BCUT2D eigenvalue weighted by Gasteiger charge is -2.48. The van der Waals surface area contributed by atoms with E-state index < -0.39 is 17.5 Å². The van der Waals surface area contributed by atoms with Crippen molar-refractivity contribution in [1.29, 1.82) is 0 Å². The number of halogens is 1. The molecule has 2 aliphatic carbocycles. The number of fused-ring (bicyclic) bond motifs is 3. The second-order valence-corrected chi connectivity index (χ2v) is 16.0. The number of likely N-dealkylation sites (tertiary alicyclic amines) is 2. The number of hydrogen-bond acceptors (Lipinski definition) is 8. The lowest BCUT2D eigenvalue weighted by atomic mass is 9.73. The highest BCUT2D eigenvalue weighted by molar-refractivity contribution is 6.09. The maximum Gasteiger partial charge on any atom is 0.238 e. The van der Waals surface area contributed by atoms with E-state index >= 15 is 4.39 Å². The molecule has 2 saturated carbocycles. The molecule has 278 valence electrons. The third-order valence-corrected chi connectivity index (χ3v) is 12.8. The molecule has 2 aromatic heterocycles. The van der Waals surface area contributed by atoms with Crippen LogP contribution in [0.3, 0.4) is 0 Å². The van der Waals surface area contributed by atoms with Crippen LogP contribution >= 0.6 is 0 Å². The summed E-state index contributed by atoms with van der Waals surface area (Å²) in [6, 6.07) is 12.3. The molecule has 5 heterocycles. The molecule has 4 aromatic rings.